The molecule has 1 saturated heterocycles. The molecule has 0 N–H and O–H groups in total. The Morgan fingerprint density at radius 3 is 2.44 bits per heavy atom. The summed E-state index contributed by atoms with van der Waals surface area (Å²) in [7, 11) is 0. The highest BCUT2D eigenvalue weighted by atomic mass is 35.5. The molecule has 1 aromatic carbocycles. The summed E-state index contributed by atoms with van der Waals surface area (Å²) in [5.41, 5.74) is 1.92. The number of benzene rings is 1. The Bertz CT molecular complexity index is 876. The van der Waals surface area contributed by atoms with Crippen LogP contribution in [0.3, 0.4) is 0 Å². The number of aromatic nitrogens is 3. The van der Waals surface area contributed by atoms with Gasteiger partial charge in [0, 0.05) is 49.3 Å². The summed E-state index contributed by atoms with van der Waals surface area (Å²) in [6.45, 7) is 4.60. The molecule has 7 heteroatoms. The zero-order valence-electron chi connectivity index (χ0n) is 13.6. The molecule has 2 aromatic heterocycles. The Morgan fingerprint density at radius 1 is 0.880 bits per heavy atom. The zero-order valence-corrected chi connectivity index (χ0v) is 15.1. The monoisotopic (exact) mass is 373 g/mol. The highest BCUT2D eigenvalue weighted by Crippen LogP contribution is 2.26. The van der Waals surface area contributed by atoms with E-state index in [9.17, 15) is 0 Å². The van der Waals surface area contributed by atoms with Crippen molar-refractivity contribution in [2.24, 2.45) is 0 Å². The Hall–Kier alpha value is -1.95. The maximum atomic E-state index is 6.07. The van der Waals surface area contributed by atoms with Crippen molar-refractivity contribution in [1.29, 1.82) is 0 Å². The topological polar surface area (TPSA) is 45.2 Å². The van der Waals surface area contributed by atoms with Crippen molar-refractivity contribution in [3.05, 3.63) is 58.6 Å². The lowest BCUT2D eigenvalue weighted by atomic mass is 10.2. The van der Waals surface area contributed by atoms with Gasteiger partial charge >= 0.3 is 0 Å². The number of hydrogen-bond acceptors (Lipinski definition) is 5. The molecular formula is C18H17Cl2N5. The maximum absolute atomic E-state index is 6.07. The molecule has 0 unspecified atom stereocenters. The average molecular weight is 374 g/mol. The summed E-state index contributed by atoms with van der Waals surface area (Å²) in [4.78, 5) is 17.9. The third-order valence-corrected chi connectivity index (χ3v) is 4.88. The van der Waals surface area contributed by atoms with E-state index < -0.39 is 0 Å². The second-order valence-corrected chi connectivity index (χ2v) is 6.96. The van der Waals surface area contributed by atoms with Crippen molar-refractivity contribution in [2.75, 3.05) is 31.1 Å². The van der Waals surface area contributed by atoms with E-state index in [0.717, 1.165) is 55.1 Å². The predicted molar refractivity (Wildman–Crippen MR) is 101 cm³/mol. The highest BCUT2D eigenvalue weighted by Gasteiger charge is 2.20. The van der Waals surface area contributed by atoms with Gasteiger partial charge in [0.1, 0.15) is 12.1 Å². The van der Waals surface area contributed by atoms with Crippen molar-refractivity contribution < 1.29 is 0 Å². The Kier molecular flexibility index (Phi) is 4.70. The molecule has 4 rings (SSSR count). The maximum Gasteiger partial charge on any atom is 0.139 e. The fraction of sp³-hybridized carbons (Fsp3) is 0.278. The van der Waals surface area contributed by atoms with Crippen molar-refractivity contribution in [3.8, 4) is 0 Å². The van der Waals surface area contributed by atoms with Crippen LogP contribution in [0.4, 0.5) is 5.82 Å². The molecule has 3 heterocycles. The van der Waals surface area contributed by atoms with Crippen LogP contribution in [0.1, 0.15) is 5.69 Å². The van der Waals surface area contributed by atoms with Crippen LogP contribution < -0.4 is 4.90 Å². The predicted octanol–water partition coefficient (Wildman–Crippen LogP) is 3.65. The molecule has 0 spiro atoms. The van der Waals surface area contributed by atoms with Crippen LogP contribution in [0.5, 0.6) is 0 Å². The number of piperazine rings is 1. The number of rotatable bonds is 3. The largest absolute Gasteiger partial charge is 0.353 e. The van der Waals surface area contributed by atoms with E-state index in [1.165, 1.54) is 0 Å². The Morgan fingerprint density at radius 2 is 1.68 bits per heavy atom. The van der Waals surface area contributed by atoms with Gasteiger partial charge in [-0.2, -0.15) is 0 Å². The minimum atomic E-state index is 0.671. The van der Waals surface area contributed by atoms with Crippen LogP contribution in [-0.2, 0) is 6.54 Å². The fourth-order valence-electron chi connectivity index (χ4n) is 3.11. The van der Waals surface area contributed by atoms with E-state index in [2.05, 4.69) is 24.8 Å². The van der Waals surface area contributed by atoms with E-state index >= 15 is 0 Å². The molecular weight excluding hydrogens is 357 g/mol. The van der Waals surface area contributed by atoms with Gasteiger partial charge in [-0.15, -0.1) is 0 Å². The van der Waals surface area contributed by atoms with Gasteiger partial charge in [0.15, 0.2) is 0 Å². The first-order valence-corrected chi connectivity index (χ1v) is 8.93. The third-order valence-electron chi connectivity index (χ3n) is 4.42. The molecule has 0 aliphatic carbocycles. The molecule has 0 radical (unpaired) electrons. The molecule has 128 valence electrons. The smallest absolute Gasteiger partial charge is 0.139 e. The van der Waals surface area contributed by atoms with Crippen LogP contribution in [0.25, 0.3) is 10.9 Å². The lowest BCUT2D eigenvalue weighted by Gasteiger charge is -2.35. The normalized spacial score (nSPS) is 15.7. The van der Waals surface area contributed by atoms with Crippen LogP contribution in [0.2, 0.25) is 10.0 Å². The molecule has 5 nitrogen and oxygen atoms in total. The summed E-state index contributed by atoms with van der Waals surface area (Å²) >= 11 is 12.0. The van der Waals surface area contributed by atoms with E-state index in [4.69, 9.17) is 23.2 Å². The highest BCUT2D eigenvalue weighted by molar-refractivity contribution is 6.31. The van der Waals surface area contributed by atoms with Crippen molar-refractivity contribution in [2.45, 2.75) is 6.54 Å². The SMILES string of the molecule is Clc1ccc(CN2CCN(c3ncnc4cc(Cl)ccc34)CC2)nc1. The number of halogens is 2. The standard InChI is InChI=1S/C18H17Cl2N5/c19-13-2-4-16-17(9-13)22-12-23-18(16)25-7-5-24(6-8-25)11-15-3-1-14(20)10-21-15/h1-4,9-10,12H,5-8,11H2. The van der Waals surface area contributed by atoms with E-state index in [0.29, 0.717) is 10.0 Å². The number of fused-ring (bicyclic) bond motifs is 1. The minimum Gasteiger partial charge on any atom is -0.353 e. The first kappa shape index (κ1) is 16.5. The number of anilines is 1. The fourth-order valence-corrected chi connectivity index (χ4v) is 3.39. The molecule has 1 fully saturated rings. The summed E-state index contributed by atoms with van der Waals surface area (Å²) in [6.07, 6.45) is 3.31. The quantitative estimate of drug-likeness (QED) is 0.700. The molecule has 0 bridgehead atoms. The van der Waals surface area contributed by atoms with Crippen molar-refractivity contribution >= 4 is 39.9 Å². The van der Waals surface area contributed by atoms with E-state index in [1.54, 1.807) is 12.5 Å². The lowest BCUT2D eigenvalue weighted by Crippen LogP contribution is -2.46. The van der Waals surface area contributed by atoms with Gasteiger partial charge in [0.05, 0.1) is 16.2 Å². The van der Waals surface area contributed by atoms with Gasteiger partial charge in [-0.25, -0.2) is 9.97 Å². The van der Waals surface area contributed by atoms with Gasteiger partial charge in [0.25, 0.3) is 0 Å². The second-order valence-electron chi connectivity index (χ2n) is 6.09. The number of pyridine rings is 1. The first-order chi connectivity index (χ1) is 12.2. The molecule has 25 heavy (non-hydrogen) atoms. The van der Waals surface area contributed by atoms with Crippen molar-refractivity contribution in [3.63, 3.8) is 0 Å². The summed E-state index contributed by atoms with van der Waals surface area (Å²) in [6, 6.07) is 9.63. The lowest BCUT2D eigenvalue weighted by molar-refractivity contribution is 0.247. The molecule has 0 atom stereocenters. The average Bonchev–Trinajstić information content (AvgIpc) is 2.63. The minimum absolute atomic E-state index is 0.671. The Labute approximate surface area is 156 Å². The first-order valence-electron chi connectivity index (χ1n) is 8.17. The van der Waals surface area contributed by atoms with Gasteiger partial charge < -0.3 is 4.90 Å². The second kappa shape index (κ2) is 7.12. The van der Waals surface area contributed by atoms with Crippen LogP contribution >= 0.6 is 23.2 Å². The third kappa shape index (κ3) is 3.68. The van der Waals surface area contributed by atoms with Gasteiger partial charge in [-0.3, -0.25) is 9.88 Å². The van der Waals surface area contributed by atoms with Gasteiger partial charge in [-0.05, 0) is 30.3 Å². The summed E-state index contributed by atoms with van der Waals surface area (Å²) in [5.74, 6) is 0.978. The summed E-state index contributed by atoms with van der Waals surface area (Å²) < 4.78 is 0. The number of nitrogens with zero attached hydrogens (tertiary/aromatic N) is 5. The van der Waals surface area contributed by atoms with Gasteiger partial charge in [0.2, 0.25) is 0 Å². The zero-order chi connectivity index (χ0) is 17.2. The molecule has 3 aromatic rings. The van der Waals surface area contributed by atoms with Crippen LogP contribution in [0.15, 0.2) is 42.9 Å². The van der Waals surface area contributed by atoms with Gasteiger partial charge in [-0.1, -0.05) is 23.2 Å². The molecule has 0 amide bonds. The molecule has 0 saturated carbocycles. The number of hydrogen-bond donors (Lipinski definition) is 0. The van der Waals surface area contributed by atoms with E-state index in [-0.39, 0.29) is 0 Å². The van der Waals surface area contributed by atoms with Crippen molar-refractivity contribution in [1.82, 2.24) is 19.9 Å². The Balaban J connectivity index is 1.46. The molecule has 1 aliphatic rings. The summed E-state index contributed by atoms with van der Waals surface area (Å²) in [5, 5.41) is 2.40. The van der Waals surface area contributed by atoms with Crippen LogP contribution in [-0.4, -0.2) is 46.0 Å². The molecule has 1 aliphatic heterocycles. The van der Waals surface area contributed by atoms with Crippen LogP contribution in [0, 0.1) is 0 Å². The van der Waals surface area contributed by atoms with E-state index in [1.807, 2.05) is 30.3 Å².